The van der Waals surface area contributed by atoms with Gasteiger partial charge in [0.25, 0.3) is 5.91 Å². The van der Waals surface area contributed by atoms with Crippen molar-refractivity contribution in [1.29, 1.82) is 0 Å². The van der Waals surface area contributed by atoms with Crippen LogP contribution in [0.4, 0.5) is 5.69 Å². The van der Waals surface area contributed by atoms with Gasteiger partial charge in [-0.1, -0.05) is 78.9 Å². The average Bonchev–Trinajstić information content (AvgIpc) is 3.13. The Morgan fingerprint density at radius 1 is 0.838 bits per heavy atom. The van der Waals surface area contributed by atoms with Gasteiger partial charge in [-0.15, -0.1) is 11.8 Å². The molecule has 1 aliphatic rings. The van der Waals surface area contributed by atoms with Gasteiger partial charge in [0.15, 0.2) is 5.78 Å². The second kappa shape index (κ2) is 11.8. The lowest BCUT2D eigenvalue weighted by molar-refractivity contribution is 0.0982. The fourth-order valence-corrected chi connectivity index (χ4v) is 6.53. The van der Waals surface area contributed by atoms with Crippen LogP contribution in [0.2, 0.25) is 0 Å². The molecule has 1 amide bonds. The predicted octanol–water partition coefficient (Wildman–Crippen LogP) is 7.61. The van der Waals surface area contributed by atoms with Crippen molar-refractivity contribution in [3.05, 3.63) is 120 Å². The van der Waals surface area contributed by atoms with Gasteiger partial charge < -0.3 is 4.90 Å². The van der Waals surface area contributed by atoms with E-state index in [2.05, 4.69) is 18.7 Å². The number of benzene rings is 4. The smallest absolute Gasteiger partial charge is 0.258 e. The van der Waals surface area contributed by atoms with Gasteiger partial charge >= 0.3 is 0 Å². The molecule has 4 aromatic carbocycles. The lowest BCUT2D eigenvalue weighted by Gasteiger charge is -2.22. The number of ketones is 1. The molecule has 1 aliphatic heterocycles. The van der Waals surface area contributed by atoms with Gasteiger partial charge in [0, 0.05) is 34.2 Å². The number of carbonyl (C=O) groups excluding carboxylic acids is 2. The number of rotatable bonds is 7. The molecule has 5 rings (SSSR count). The molecule has 186 valence electrons. The van der Waals surface area contributed by atoms with Crippen LogP contribution in [0.3, 0.4) is 0 Å². The van der Waals surface area contributed by atoms with Crippen molar-refractivity contribution in [3.8, 4) is 11.1 Å². The summed E-state index contributed by atoms with van der Waals surface area (Å²) in [5, 5.41) is 0.448. The maximum Gasteiger partial charge on any atom is 0.258 e. The van der Waals surface area contributed by atoms with Gasteiger partial charge in [-0.05, 0) is 59.6 Å². The van der Waals surface area contributed by atoms with Gasteiger partial charge in [-0.2, -0.15) is 12.6 Å². The Morgan fingerprint density at radius 2 is 1.54 bits per heavy atom. The third-order valence-corrected chi connectivity index (χ3v) is 8.36. The maximum atomic E-state index is 13.6. The Morgan fingerprint density at radius 3 is 2.32 bits per heavy atom. The summed E-state index contributed by atoms with van der Waals surface area (Å²) in [6.07, 6.45) is 2.23. The standard InChI is InChI=1S/C32H29NO2S2/c34-30(28-11-5-4-10-27(28)24-8-2-1-3-9-24)22-23-14-16-25(17-15-23)32(35)33-20-18-26(19-21-36)37-31-13-7-6-12-29(31)33/h1-17,26,36H,18-22H2. The lowest BCUT2D eigenvalue weighted by atomic mass is 9.94. The van der Waals surface area contributed by atoms with Crippen LogP contribution in [0, 0.1) is 0 Å². The highest BCUT2D eigenvalue weighted by Gasteiger charge is 2.26. The summed E-state index contributed by atoms with van der Waals surface area (Å²) in [7, 11) is 0. The van der Waals surface area contributed by atoms with Gasteiger partial charge in [0.1, 0.15) is 0 Å². The zero-order chi connectivity index (χ0) is 25.6. The van der Waals surface area contributed by atoms with Crippen LogP contribution >= 0.6 is 24.4 Å². The van der Waals surface area contributed by atoms with E-state index < -0.39 is 0 Å². The first kappa shape index (κ1) is 25.4. The van der Waals surface area contributed by atoms with E-state index in [0.29, 0.717) is 22.9 Å². The molecule has 5 heteroatoms. The number of para-hydroxylation sites is 1. The number of nitrogens with zero attached hydrogens (tertiary/aromatic N) is 1. The molecule has 0 aromatic heterocycles. The Balaban J connectivity index is 1.33. The van der Waals surface area contributed by atoms with Crippen LogP contribution in [0.15, 0.2) is 108 Å². The summed E-state index contributed by atoms with van der Waals surface area (Å²) >= 11 is 6.26. The number of amides is 1. The lowest BCUT2D eigenvalue weighted by Crippen LogP contribution is -2.32. The van der Waals surface area contributed by atoms with Crippen LogP contribution in [-0.4, -0.2) is 29.2 Å². The fourth-order valence-electron chi connectivity index (χ4n) is 4.77. The highest BCUT2D eigenvalue weighted by Crippen LogP contribution is 2.39. The number of anilines is 1. The molecule has 1 atom stereocenters. The molecule has 0 saturated carbocycles. The number of carbonyl (C=O) groups is 2. The van der Waals surface area contributed by atoms with E-state index >= 15 is 0 Å². The van der Waals surface area contributed by atoms with Gasteiger partial charge in [-0.3, -0.25) is 9.59 Å². The van der Waals surface area contributed by atoms with Crippen molar-refractivity contribution in [3.63, 3.8) is 0 Å². The van der Waals surface area contributed by atoms with Crippen LogP contribution in [0.25, 0.3) is 11.1 Å². The molecule has 0 fully saturated rings. The molecule has 3 nitrogen and oxygen atoms in total. The Hall–Kier alpha value is -3.28. The third-order valence-electron chi connectivity index (χ3n) is 6.70. The van der Waals surface area contributed by atoms with E-state index in [0.717, 1.165) is 45.9 Å². The van der Waals surface area contributed by atoms with Crippen molar-refractivity contribution in [2.24, 2.45) is 0 Å². The summed E-state index contributed by atoms with van der Waals surface area (Å²) in [6, 6.07) is 33.3. The Kier molecular flexibility index (Phi) is 8.12. The zero-order valence-corrected chi connectivity index (χ0v) is 22.3. The maximum absolute atomic E-state index is 13.6. The molecule has 0 radical (unpaired) electrons. The largest absolute Gasteiger partial charge is 0.307 e. The quantitative estimate of drug-likeness (QED) is 0.200. The first-order valence-electron chi connectivity index (χ1n) is 12.6. The SMILES string of the molecule is O=C(Cc1ccc(C(=O)N2CCC(CCS)Sc3ccccc32)cc1)c1ccccc1-c1ccccc1. The van der Waals surface area contributed by atoms with Crippen LogP contribution in [-0.2, 0) is 6.42 Å². The summed E-state index contributed by atoms with van der Waals surface area (Å²) in [6.45, 7) is 0.678. The second-order valence-corrected chi connectivity index (χ2v) is 11.0. The molecular formula is C32H29NO2S2. The van der Waals surface area contributed by atoms with Gasteiger partial charge in [0.05, 0.1) is 5.69 Å². The van der Waals surface area contributed by atoms with Crippen LogP contribution < -0.4 is 4.90 Å². The van der Waals surface area contributed by atoms with Crippen LogP contribution in [0.5, 0.6) is 0 Å². The van der Waals surface area contributed by atoms with Crippen molar-refractivity contribution in [2.45, 2.75) is 29.4 Å². The van der Waals surface area contributed by atoms with E-state index in [1.165, 1.54) is 0 Å². The van der Waals surface area contributed by atoms with Gasteiger partial charge in [-0.25, -0.2) is 0 Å². The number of thioether (sulfide) groups is 1. The van der Waals surface area contributed by atoms with Crippen molar-refractivity contribution in [1.82, 2.24) is 0 Å². The summed E-state index contributed by atoms with van der Waals surface area (Å²) in [5.74, 6) is 0.892. The molecule has 1 unspecified atom stereocenters. The molecule has 1 heterocycles. The minimum atomic E-state index is -0.00752. The van der Waals surface area contributed by atoms with Crippen molar-refractivity contribution in [2.75, 3.05) is 17.2 Å². The number of hydrogen-bond acceptors (Lipinski definition) is 4. The summed E-state index contributed by atoms with van der Waals surface area (Å²) in [4.78, 5) is 29.9. The minimum Gasteiger partial charge on any atom is -0.307 e. The molecule has 37 heavy (non-hydrogen) atoms. The molecule has 0 spiro atoms. The van der Waals surface area contributed by atoms with Crippen LogP contribution in [0.1, 0.15) is 39.1 Å². The van der Waals surface area contributed by atoms with E-state index in [-0.39, 0.29) is 18.1 Å². The first-order valence-corrected chi connectivity index (χ1v) is 14.1. The Labute approximate surface area is 228 Å². The predicted molar refractivity (Wildman–Crippen MR) is 157 cm³/mol. The van der Waals surface area contributed by atoms with E-state index in [1.807, 2.05) is 114 Å². The number of Topliss-reactive ketones (excluding diaryl/α,β-unsaturated/α-hetero) is 1. The van der Waals surface area contributed by atoms with Crippen molar-refractivity contribution < 1.29 is 9.59 Å². The molecule has 0 aliphatic carbocycles. The van der Waals surface area contributed by atoms with Gasteiger partial charge in [0.2, 0.25) is 0 Å². The van der Waals surface area contributed by atoms with E-state index in [1.54, 1.807) is 0 Å². The van der Waals surface area contributed by atoms with Crippen molar-refractivity contribution >= 4 is 41.8 Å². The monoisotopic (exact) mass is 523 g/mol. The topological polar surface area (TPSA) is 37.4 Å². The molecule has 0 saturated heterocycles. The summed E-state index contributed by atoms with van der Waals surface area (Å²) in [5.41, 5.74) is 5.17. The summed E-state index contributed by atoms with van der Waals surface area (Å²) < 4.78 is 0. The highest BCUT2D eigenvalue weighted by molar-refractivity contribution is 8.00. The third kappa shape index (κ3) is 5.84. The number of fused-ring (bicyclic) bond motifs is 1. The zero-order valence-electron chi connectivity index (χ0n) is 20.5. The average molecular weight is 524 g/mol. The first-order chi connectivity index (χ1) is 18.1. The number of thiol groups is 1. The van der Waals surface area contributed by atoms with E-state index in [4.69, 9.17) is 0 Å². The molecule has 0 N–H and O–H groups in total. The molecule has 4 aromatic rings. The molecule has 0 bridgehead atoms. The second-order valence-electron chi connectivity index (χ2n) is 9.17. The normalized spacial score (nSPS) is 15.1. The fraction of sp³-hybridized carbons (Fsp3) is 0.188. The Bertz CT molecular complexity index is 1390. The van der Waals surface area contributed by atoms with E-state index in [9.17, 15) is 9.59 Å². The number of hydrogen-bond donors (Lipinski definition) is 1. The highest BCUT2D eigenvalue weighted by atomic mass is 32.2. The minimum absolute atomic E-state index is 0.00752. The molecular weight excluding hydrogens is 494 g/mol.